The van der Waals surface area contributed by atoms with Gasteiger partial charge in [0.1, 0.15) is 23.9 Å². The summed E-state index contributed by atoms with van der Waals surface area (Å²) in [6.07, 6.45) is 8.60. The van der Waals surface area contributed by atoms with Crippen LogP contribution in [0.3, 0.4) is 0 Å². The van der Waals surface area contributed by atoms with Gasteiger partial charge in [0, 0.05) is 19.9 Å². The average molecular weight is 761 g/mol. The first-order valence-electron chi connectivity index (χ1n) is 19.6. The van der Waals surface area contributed by atoms with E-state index in [1.54, 1.807) is 43.3 Å². The lowest BCUT2D eigenvalue weighted by molar-refractivity contribution is -0.141. The fourth-order valence-corrected chi connectivity index (χ4v) is 7.05. The highest BCUT2D eigenvalue weighted by molar-refractivity contribution is 6.38. The second kappa shape index (κ2) is 22.2. The van der Waals surface area contributed by atoms with E-state index in [0.29, 0.717) is 36.3 Å². The van der Waals surface area contributed by atoms with Crippen LogP contribution in [-0.4, -0.2) is 79.6 Å². The first-order chi connectivity index (χ1) is 26.6. The van der Waals surface area contributed by atoms with E-state index in [-0.39, 0.29) is 31.1 Å². The van der Waals surface area contributed by atoms with Crippen molar-refractivity contribution in [1.29, 1.82) is 0 Å². The lowest BCUT2D eigenvalue weighted by Gasteiger charge is -2.31. The molecule has 2 aliphatic rings. The number of Topliss-reactive ketones (excluding diaryl/α,β-unsaturated/α-hetero) is 1. The molecule has 1 fully saturated rings. The van der Waals surface area contributed by atoms with Gasteiger partial charge >= 0.3 is 0 Å². The number of ether oxygens (including phenoxy) is 1. The largest absolute Gasteiger partial charge is 0.494 e. The summed E-state index contributed by atoms with van der Waals surface area (Å²) in [5, 5.41) is 15.9. The molecule has 1 saturated carbocycles. The second-order valence-electron chi connectivity index (χ2n) is 14.3. The van der Waals surface area contributed by atoms with Crippen molar-refractivity contribution in [2.24, 2.45) is 5.92 Å². The van der Waals surface area contributed by atoms with Crippen molar-refractivity contribution in [3.8, 4) is 5.75 Å². The highest BCUT2D eigenvalue weighted by atomic mass is 16.5. The number of carbonyl (C=O) groups is 7. The second-order valence-corrected chi connectivity index (χ2v) is 14.3. The smallest absolute Gasteiger partial charge is 0.290 e. The van der Waals surface area contributed by atoms with Crippen molar-refractivity contribution in [3.63, 3.8) is 0 Å². The highest BCUT2D eigenvalue weighted by Gasteiger charge is 2.35. The van der Waals surface area contributed by atoms with E-state index in [0.717, 1.165) is 51.4 Å². The summed E-state index contributed by atoms with van der Waals surface area (Å²) in [5.41, 5.74) is 1.23. The van der Waals surface area contributed by atoms with Crippen LogP contribution in [0.5, 0.6) is 5.75 Å². The minimum absolute atomic E-state index is 0.0490. The van der Waals surface area contributed by atoms with Crippen LogP contribution in [0.25, 0.3) is 0 Å². The fourth-order valence-electron chi connectivity index (χ4n) is 7.05. The van der Waals surface area contributed by atoms with Gasteiger partial charge in [0.15, 0.2) is 0 Å². The van der Waals surface area contributed by atoms with Crippen molar-refractivity contribution >= 4 is 41.2 Å². The minimum Gasteiger partial charge on any atom is -0.494 e. The first kappa shape index (κ1) is 42.5. The molecule has 1 unspecified atom stereocenters. The fraction of sp³-hybridized carbons (Fsp3) is 0.537. The Kier molecular flexibility index (Phi) is 17.1. The summed E-state index contributed by atoms with van der Waals surface area (Å²) < 4.78 is 5.96. The van der Waals surface area contributed by atoms with Crippen molar-refractivity contribution in [3.05, 3.63) is 65.7 Å². The minimum atomic E-state index is -1.26. The van der Waals surface area contributed by atoms with E-state index in [1.165, 1.54) is 7.05 Å². The lowest BCUT2D eigenvalue weighted by atomic mass is 9.83. The standard InChI is InChI=1S/C41H56N6O8/c1-3-15-31(37(50)41(54)43-26-34(49)47-35(39(52)42-2)28-17-8-6-9-18-28)44-38(51)32-25-27-16-14-21-30(24-27)55-23-13-5-4-12-22-33(48)46-36(40(53)45-32)29-19-10-7-11-20-29/h6,8-9,14,16-18,21,24,29,31-32,35-36H,3-5,7,10-13,15,19-20,22-23,25-26H2,1-2H3,(H,42,52)(H,43,54)(H,44,51)(H,45,53)(H,46,48)(H,47,49)/t31?,32-,35-,36-/m0/s1. The number of carbonyl (C=O) groups excluding carboxylic acids is 7. The number of likely N-dealkylation sites (N-methyl/N-ethyl adjacent to an activating group) is 1. The molecule has 4 rings (SSSR count). The summed E-state index contributed by atoms with van der Waals surface area (Å²) >= 11 is 0. The molecule has 298 valence electrons. The van der Waals surface area contributed by atoms with E-state index in [1.807, 2.05) is 18.2 Å². The number of fused-ring (bicyclic) bond motifs is 2. The van der Waals surface area contributed by atoms with E-state index >= 15 is 0 Å². The molecule has 1 heterocycles. The summed E-state index contributed by atoms with van der Waals surface area (Å²) in [6.45, 7) is 1.69. The number of amides is 6. The van der Waals surface area contributed by atoms with Gasteiger partial charge in [-0.05, 0) is 61.3 Å². The van der Waals surface area contributed by atoms with Crippen LogP contribution < -0.4 is 36.6 Å². The number of rotatable bonds is 12. The molecular weight excluding hydrogens is 704 g/mol. The van der Waals surface area contributed by atoms with Gasteiger partial charge in [-0.15, -0.1) is 0 Å². The van der Waals surface area contributed by atoms with Crippen LogP contribution in [-0.2, 0) is 40.0 Å². The number of hydrogen-bond donors (Lipinski definition) is 6. The molecule has 0 aromatic heterocycles. The SMILES string of the molecule is CCCC(NC(=O)[C@@H]1Cc2cccc(c2)OCCCCCCC(=O)N[C@@H](C2CCCCC2)C(=O)N1)C(=O)C(=O)NCC(=O)N[C@H](C(=O)NC)c1ccccc1. The summed E-state index contributed by atoms with van der Waals surface area (Å²) in [7, 11) is 1.44. The first-order valence-corrected chi connectivity index (χ1v) is 19.6. The lowest BCUT2D eigenvalue weighted by Crippen LogP contribution is -2.59. The van der Waals surface area contributed by atoms with Crippen molar-refractivity contribution in [1.82, 2.24) is 31.9 Å². The zero-order valence-electron chi connectivity index (χ0n) is 32.0. The monoisotopic (exact) mass is 760 g/mol. The Morgan fingerprint density at radius 3 is 2.31 bits per heavy atom. The Morgan fingerprint density at radius 1 is 0.855 bits per heavy atom. The number of hydrogen-bond acceptors (Lipinski definition) is 8. The maximum absolute atomic E-state index is 14.1. The van der Waals surface area contributed by atoms with Crippen molar-refractivity contribution in [2.45, 2.75) is 115 Å². The molecule has 1 aliphatic carbocycles. The van der Waals surface area contributed by atoms with Gasteiger partial charge in [-0.25, -0.2) is 0 Å². The predicted molar refractivity (Wildman–Crippen MR) is 205 cm³/mol. The van der Waals surface area contributed by atoms with Crippen LogP contribution in [0.2, 0.25) is 0 Å². The Bertz CT molecular complexity index is 1630. The topological polar surface area (TPSA) is 201 Å². The molecule has 2 aromatic rings. The average Bonchev–Trinajstić information content (AvgIpc) is 3.20. The van der Waals surface area contributed by atoms with Gasteiger partial charge in [-0.3, -0.25) is 33.6 Å². The van der Waals surface area contributed by atoms with E-state index in [4.69, 9.17) is 4.74 Å². The Morgan fingerprint density at radius 2 is 1.58 bits per heavy atom. The van der Waals surface area contributed by atoms with Crippen LogP contribution in [0.4, 0.5) is 0 Å². The molecule has 55 heavy (non-hydrogen) atoms. The molecule has 6 amide bonds. The third-order valence-corrected chi connectivity index (χ3v) is 10.0. The molecule has 0 saturated heterocycles. The van der Waals surface area contributed by atoms with Crippen LogP contribution in [0, 0.1) is 5.92 Å². The number of nitrogens with one attached hydrogen (secondary N) is 6. The van der Waals surface area contributed by atoms with Gasteiger partial charge in [0.25, 0.3) is 5.91 Å². The predicted octanol–water partition coefficient (Wildman–Crippen LogP) is 2.70. The zero-order valence-corrected chi connectivity index (χ0v) is 32.0. The van der Waals surface area contributed by atoms with E-state index in [2.05, 4.69) is 31.9 Å². The van der Waals surface area contributed by atoms with Crippen LogP contribution >= 0.6 is 0 Å². The van der Waals surface area contributed by atoms with Crippen molar-refractivity contribution in [2.75, 3.05) is 20.2 Å². The Hall–Kier alpha value is -5.27. The molecule has 2 bridgehead atoms. The van der Waals surface area contributed by atoms with Crippen LogP contribution in [0.1, 0.15) is 101 Å². The number of benzene rings is 2. The Labute approximate surface area is 323 Å². The van der Waals surface area contributed by atoms with Gasteiger partial charge in [-0.2, -0.15) is 0 Å². The van der Waals surface area contributed by atoms with Gasteiger partial charge in [-0.1, -0.05) is 87.9 Å². The third-order valence-electron chi connectivity index (χ3n) is 10.0. The van der Waals surface area contributed by atoms with Crippen LogP contribution in [0.15, 0.2) is 54.6 Å². The molecule has 14 nitrogen and oxygen atoms in total. The summed E-state index contributed by atoms with van der Waals surface area (Å²) in [4.78, 5) is 93.0. The molecule has 2 aromatic carbocycles. The summed E-state index contributed by atoms with van der Waals surface area (Å²) in [6, 6.07) is 11.5. The van der Waals surface area contributed by atoms with Gasteiger partial charge in [0.2, 0.25) is 35.3 Å². The summed E-state index contributed by atoms with van der Waals surface area (Å²) in [5.74, 6) is -4.07. The normalized spacial score (nSPS) is 19.8. The van der Waals surface area contributed by atoms with Gasteiger partial charge < -0.3 is 36.6 Å². The maximum atomic E-state index is 14.1. The molecule has 6 N–H and O–H groups in total. The van der Waals surface area contributed by atoms with E-state index in [9.17, 15) is 33.6 Å². The molecule has 0 radical (unpaired) electrons. The number of ketones is 1. The molecule has 0 spiro atoms. The van der Waals surface area contributed by atoms with Crippen molar-refractivity contribution < 1.29 is 38.3 Å². The molecular formula is C41H56N6O8. The van der Waals surface area contributed by atoms with Gasteiger partial charge in [0.05, 0.1) is 19.2 Å². The zero-order chi connectivity index (χ0) is 39.6. The Balaban J connectivity index is 1.50. The molecule has 4 atom stereocenters. The maximum Gasteiger partial charge on any atom is 0.290 e. The molecule has 14 heteroatoms. The third kappa shape index (κ3) is 13.5. The van der Waals surface area contributed by atoms with E-state index < -0.39 is 66.0 Å². The molecule has 1 aliphatic heterocycles. The quantitative estimate of drug-likeness (QED) is 0.177. The highest BCUT2D eigenvalue weighted by Crippen LogP contribution is 2.27.